The van der Waals surface area contributed by atoms with Crippen molar-refractivity contribution in [3.63, 3.8) is 0 Å². The van der Waals surface area contributed by atoms with Crippen molar-refractivity contribution in [1.29, 1.82) is 0 Å². The van der Waals surface area contributed by atoms with Crippen LogP contribution in [-0.2, 0) is 11.3 Å². The van der Waals surface area contributed by atoms with Crippen LogP contribution in [0.15, 0.2) is 18.2 Å². The molecule has 4 heteroatoms. The number of ether oxygens (including phenoxy) is 1. The SMILES string of the molecule is Cc1cccc(CNC(C)C)c1OCC(C)C(N)=O. The van der Waals surface area contributed by atoms with Gasteiger partial charge < -0.3 is 15.8 Å². The van der Waals surface area contributed by atoms with Crippen molar-refractivity contribution < 1.29 is 9.53 Å². The van der Waals surface area contributed by atoms with Gasteiger partial charge in [0, 0.05) is 18.2 Å². The van der Waals surface area contributed by atoms with Gasteiger partial charge in [0.2, 0.25) is 5.91 Å². The lowest BCUT2D eigenvalue weighted by Gasteiger charge is -2.17. The van der Waals surface area contributed by atoms with Crippen LogP contribution in [0.5, 0.6) is 5.75 Å². The second kappa shape index (κ2) is 7.14. The predicted molar refractivity (Wildman–Crippen MR) is 77.0 cm³/mol. The Kier molecular flexibility index (Phi) is 5.83. The lowest BCUT2D eigenvalue weighted by atomic mass is 10.1. The monoisotopic (exact) mass is 264 g/mol. The second-order valence-electron chi connectivity index (χ2n) is 5.21. The number of carbonyl (C=O) groups is 1. The molecule has 1 aromatic rings. The fourth-order valence-corrected chi connectivity index (χ4v) is 1.66. The summed E-state index contributed by atoms with van der Waals surface area (Å²) < 4.78 is 5.78. The van der Waals surface area contributed by atoms with Crippen molar-refractivity contribution in [2.75, 3.05) is 6.61 Å². The molecule has 106 valence electrons. The number of hydrogen-bond acceptors (Lipinski definition) is 3. The number of rotatable bonds is 7. The molecular weight excluding hydrogens is 240 g/mol. The standard InChI is InChI=1S/C15H24N2O2/c1-10(2)17-8-13-7-5-6-11(3)14(13)19-9-12(4)15(16)18/h5-7,10,12,17H,8-9H2,1-4H3,(H2,16,18). The number of aryl methyl sites for hydroxylation is 1. The highest BCUT2D eigenvalue weighted by molar-refractivity contribution is 5.76. The van der Waals surface area contributed by atoms with Gasteiger partial charge in [0.25, 0.3) is 0 Å². The summed E-state index contributed by atoms with van der Waals surface area (Å²) in [7, 11) is 0. The summed E-state index contributed by atoms with van der Waals surface area (Å²) in [6, 6.07) is 6.46. The molecule has 1 rings (SSSR count). The Bertz CT molecular complexity index is 430. The van der Waals surface area contributed by atoms with Crippen LogP contribution in [0.3, 0.4) is 0 Å². The summed E-state index contributed by atoms with van der Waals surface area (Å²) >= 11 is 0. The van der Waals surface area contributed by atoms with Gasteiger partial charge in [-0.15, -0.1) is 0 Å². The second-order valence-corrected chi connectivity index (χ2v) is 5.21. The molecule has 0 spiro atoms. The number of hydrogen-bond donors (Lipinski definition) is 2. The van der Waals surface area contributed by atoms with Crippen molar-refractivity contribution in [2.45, 2.75) is 40.3 Å². The van der Waals surface area contributed by atoms with E-state index in [0.29, 0.717) is 12.6 Å². The number of benzene rings is 1. The minimum Gasteiger partial charge on any atom is -0.492 e. The summed E-state index contributed by atoms with van der Waals surface area (Å²) in [6.07, 6.45) is 0. The minimum absolute atomic E-state index is 0.287. The van der Waals surface area contributed by atoms with Crippen LogP contribution < -0.4 is 15.8 Å². The molecule has 0 aliphatic carbocycles. The van der Waals surface area contributed by atoms with Gasteiger partial charge in [0.05, 0.1) is 12.5 Å². The predicted octanol–water partition coefficient (Wildman–Crippen LogP) is 1.99. The summed E-state index contributed by atoms with van der Waals surface area (Å²) in [5.74, 6) is 0.227. The average Bonchev–Trinajstić information content (AvgIpc) is 2.34. The lowest BCUT2D eigenvalue weighted by Crippen LogP contribution is -2.26. The molecule has 0 aromatic heterocycles. The van der Waals surface area contributed by atoms with Crippen LogP contribution in [0.4, 0.5) is 0 Å². The van der Waals surface area contributed by atoms with E-state index in [4.69, 9.17) is 10.5 Å². The molecule has 1 aromatic carbocycles. The molecule has 4 nitrogen and oxygen atoms in total. The maximum atomic E-state index is 11.0. The van der Waals surface area contributed by atoms with Crippen molar-refractivity contribution in [3.8, 4) is 5.75 Å². The molecule has 0 fully saturated rings. The highest BCUT2D eigenvalue weighted by Gasteiger charge is 2.12. The van der Waals surface area contributed by atoms with E-state index >= 15 is 0 Å². The molecule has 1 atom stereocenters. The number of para-hydroxylation sites is 1. The van der Waals surface area contributed by atoms with Crippen LogP contribution in [-0.4, -0.2) is 18.6 Å². The minimum atomic E-state index is -0.338. The maximum Gasteiger partial charge on any atom is 0.223 e. The van der Waals surface area contributed by atoms with Crippen LogP contribution in [0, 0.1) is 12.8 Å². The van der Waals surface area contributed by atoms with E-state index < -0.39 is 0 Å². The zero-order valence-corrected chi connectivity index (χ0v) is 12.2. The number of primary amides is 1. The third-order valence-corrected chi connectivity index (χ3v) is 2.96. The van der Waals surface area contributed by atoms with Gasteiger partial charge in [-0.1, -0.05) is 39.0 Å². The van der Waals surface area contributed by atoms with E-state index in [1.165, 1.54) is 0 Å². The highest BCUT2D eigenvalue weighted by atomic mass is 16.5. The Hall–Kier alpha value is -1.55. The molecule has 0 radical (unpaired) electrons. The highest BCUT2D eigenvalue weighted by Crippen LogP contribution is 2.24. The van der Waals surface area contributed by atoms with Crippen molar-refractivity contribution in [3.05, 3.63) is 29.3 Å². The maximum absolute atomic E-state index is 11.0. The van der Waals surface area contributed by atoms with Gasteiger partial charge in [-0.3, -0.25) is 4.79 Å². The number of amides is 1. The first kappa shape index (κ1) is 15.5. The first-order valence-electron chi connectivity index (χ1n) is 6.65. The first-order chi connectivity index (χ1) is 8.91. The van der Waals surface area contributed by atoms with Crippen molar-refractivity contribution >= 4 is 5.91 Å². The van der Waals surface area contributed by atoms with Gasteiger partial charge in [0.1, 0.15) is 5.75 Å². The topological polar surface area (TPSA) is 64.3 Å². The Morgan fingerprint density at radius 2 is 2.05 bits per heavy atom. The quantitative estimate of drug-likeness (QED) is 0.791. The van der Waals surface area contributed by atoms with Gasteiger partial charge in [-0.05, 0) is 12.5 Å². The van der Waals surface area contributed by atoms with Gasteiger partial charge in [-0.25, -0.2) is 0 Å². The summed E-state index contributed by atoms with van der Waals surface area (Å²) in [5, 5.41) is 3.37. The van der Waals surface area contributed by atoms with Crippen LogP contribution in [0.25, 0.3) is 0 Å². The van der Waals surface area contributed by atoms with Gasteiger partial charge in [0.15, 0.2) is 0 Å². The molecule has 1 unspecified atom stereocenters. The third kappa shape index (κ3) is 4.91. The van der Waals surface area contributed by atoms with Crippen molar-refractivity contribution in [1.82, 2.24) is 5.32 Å². The Balaban J connectivity index is 2.77. The molecule has 3 N–H and O–H groups in total. The average molecular weight is 264 g/mol. The van der Waals surface area contributed by atoms with Crippen LogP contribution >= 0.6 is 0 Å². The molecule has 0 saturated carbocycles. The van der Waals surface area contributed by atoms with E-state index in [9.17, 15) is 4.79 Å². The molecule has 0 aliphatic heterocycles. The van der Waals surface area contributed by atoms with Crippen LogP contribution in [0.2, 0.25) is 0 Å². The molecular formula is C15H24N2O2. The normalized spacial score (nSPS) is 12.5. The molecule has 0 aliphatic rings. The fourth-order valence-electron chi connectivity index (χ4n) is 1.66. The molecule has 19 heavy (non-hydrogen) atoms. The molecule has 0 bridgehead atoms. The number of nitrogens with one attached hydrogen (secondary N) is 1. The zero-order valence-electron chi connectivity index (χ0n) is 12.2. The molecule has 0 saturated heterocycles. The van der Waals surface area contributed by atoms with Crippen LogP contribution in [0.1, 0.15) is 31.9 Å². The summed E-state index contributed by atoms with van der Waals surface area (Å²) in [4.78, 5) is 11.0. The number of carbonyl (C=O) groups excluding carboxylic acids is 1. The summed E-state index contributed by atoms with van der Waals surface area (Å²) in [5.41, 5.74) is 7.41. The molecule has 0 heterocycles. The smallest absolute Gasteiger partial charge is 0.223 e. The van der Waals surface area contributed by atoms with Crippen molar-refractivity contribution in [2.24, 2.45) is 11.7 Å². The van der Waals surface area contributed by atoms with E-state index in [0.717, 1.165) is 23.4 Å². The Labute approximate surface area is 115 Å². The Morgan fingerprint density at radius 1 is 1.37 bits per heavy atom. The summed E-state index contributed by atoms with van der Waals surface area (Å²) in [6.45, 7) is 9.04. The molecule has 1 amide bonds. The lowest BCUT2D eigenvalue weighted by molar-refractivity contribution is -0.122. The van der Waals surface area contributed by atoms with E-state index in [2.05, 4.69) is 19.2 Å². The van der Waals surface area contributed by atoms with E-state index in [1.54, 1.807) is 6.92 Å². The largest absolute Gasteiger partial charge is 0.492 e. The zero-order chi connectivity index (χ0) is 14.4. The fraction of sp³-hybridized carbons (Fsp3) is 0.533. The van der Waals surface area contributed by atoms with Gasteiger partial charge >= 0.3 is 0 Å². The van der Waals surface area contributed by atoms with Gasteiger partial charge in [-0.2, -0.15) is 0 Å². The Morgan fingerprint density at radius 3 is 2.63 bits per heavy atom. The number of nitrogens with two attached hydrogens (primary N) is 1. The first-order valence-corrected chi connectivity index (χ1v) is 6.65. The van der Waals surface area contributed by atoms with E-state index in [-0.39, 0.29) is 11.8 Å². The third-order valence-electron chi connectivity index (χ3n) is 2.96. The van der Waals surface area contributed by atoms with E-state index in [1.807, 2.05) is 25.1 Å².